The molecular formula is C21H22F3N5. The Hall–Kier alpha value is -2.45. The summed E-state index contributed by atoms with van der Waals surface area (Å²) in [6.07, 6.45) is 4.16. The van der Waals surface area contributed by atoms with E-state index in [0.717, 1.165) is 48.2 Å². The van der Waals surface area contributed by atoms with Gasteiger partial charge in [0.2, 0.25) is 0 Å². The van der Waals surface area contributed by atoms with E-state index in [1.165, 1.54) is 0 Å². The molecule has 3 heterocycles. The monoisotopic (exact) mass is 401 g/mol. The fourth-order valence-corrected chi connectivity index (χ4v) is 4.83. The van der Waals surface area contributed by atoms with Gasteiger partial charge in [0, 0.05) is 55.0 Å². The van der Waals surface area contributed by atoms with Gasteiger partial charge in [0.15, 0.2) is 17.3 Å². The minimum absolute atomic E-state index is 0.179. The molecule has 152 valence electrons. The summed E-state index contributed by atoms with van der Waals surface area (Å²) in [5.41, 5.74) is 10.5. The van der Waals surface area contributed by atoms with Gasteiger partial charge in [0.05, 0.1) is 11.4 Å². The van der Waals surface area contributed by atoms with Gasteiger partial charge in [0.25, 0.3) is 0 Å². The smallest absolute Gasteiger partial charge is 0.161 e. The number of aromatic nitrogens is 3. The van der Waals surface area contributed by atoms with Crippen LogP contribution in [0, 0.1) is 24.4 Å². The first-order valence-electron chi connectivity index (χ1n) is 9.88. The number of fused-ring (bicyclic) bond motifs is 2. The van der Waals surface area contributed by atoms with Crippen LogP contribution in [0.3, 0.4) is 0 Å². The molecule has 8 heteroatoms. The van der Waals surface area contributed by atoms with Gasteiger partial charge in [-0.25, -0.2) is 22.7 Å². The molecule has 5 rings (SSSR count). The number of aryl methyl sites for hydroxylation is 1. The third-order valence-corrected chi connectivity index (χ3v) is 6.29. The van der Waals surface area contributed by atoms with Crippen molar-refractivity contribution in [1.29, 1.82) is 0 Å². The Morgan fingerprint density at radius 3 is 2.62 bits per heavy atom. The summed E-state index contributed by atoms with van der Waals surface area (Å²) in [5.74, 6) is -3.23. The molecule has 5 nitrogen and oxygen atoms in total. The van der Waals surface area contributed by atoms with Crippen LogP contribution >= 0.6 is 0 Å². The normalized spacial score (nSPS) is 24.9. The van der Waals surface area contributed by atoms with Gasteiger partial charge in [-0.15, -0.1) is 0 Å². The number of nitrogens with zero attached hydrogens (tertiary/aromatic N) is 4. The van der Waals surface area contributed by atoms with Crippen LogP contribution in [0.15, 0.2) is 24.4 Å². The molecule has 0 saturated heterocycles. The van der Waals surface area contributed by atoms with E-state index in [1.54, 1.807) is 0 Å². The lowest BCUT2D eigenvalue weighted by atomic mass is 9.77. The number of halogens is 3. The summed E-state index contributed by atoms with van der Waals surface area (Å²) in [7, 11) is 0. The zero-order chi connectivity index (χ0) is 20.3. The lowest BCUT2D eigenvalue weighted by Gasteiger charge is -2.38. The Labute approximate surface area is 166 Å². The molecule has 1 aliphatic heterocycles. The van der Waals surface area contributed by atoms with Crippen molar-refractivity contribution in [3.05, 3.63) is 64.4 Å². The highest BCUT2D eigenvalue weighted by Gasteiger charge is 2.36. The Kier molecular flexibility index (Phi) is 4.36. The number of hydrogen-bond donors (Lipinski definition) is 1. The lowest BCUT2D eigenvalue weighted by Crippen LogP contribution is -2.44. The van der Waals surface area contributed by atoms with Gasteiger partial charge in [0.1, 0.15) is 5.82 Å². The van der Waals surface area contributed by atoms with Crippen molar-refractivity contribution < 1.29 is 13.2 Å². The first-order chi connectivity index (χ1) is 13.9. The van der Waals surface area contributed by atoms with E-state index in [2.05, 4.69) is 10.00 Å². The maximum atomic E-state index is 14.2. The number of rotatable bonds is 2. The largest absolute Gasteiger partial charge is 0.327 e. The molecule has 0 amide bonds. The lowest BCUT2D eigenvalue weighted by molar-refractivity contribution is 0.137. The second-order valence-electron chi connectivity index (χ2n) is 8.23. The van der Waals surface area contributed by atoms with Crippen LogP contribution in [0.2, 0.25) is 0 Å². The highest BCUT2D eigenvalue weighted by molar-refractivity contribution is 5.42. The third kappa shape index (κ3) is 3.20. The summed E-state index contributed by atoms with van der Waals surface area (Å²) in [6, 6.07) is 3.47. The molecular weight excluding hydrogens is 379 g/mol. The maximum Gasteiger partial charge on any atom is 0.161 e. The molecule has 1 aromatic carbocycles. The summed E-state index contributed by atoms with van der Waals surface area (Å²) in [5, 5.41) is 4.43. The SMILES string of the molecule is Cc1cc2nc3c(cn2n1)CN([C@H]1CCC(c2cc(F)c(F)cc2F)[C@@H](N)C1)C3. The summed E-state index contributed by atoms with van der Waals surface area (Å²) in [4.78, 5) is 7.08. The minimum atomic E-state index is -1.17. The number of hydrogen-bond acceptors (Lipinski definition) is 4. The fourth-order valence-electron chi connectivity index (χ4n) is 4.83. The van der Waals surface area contributed by atoms with Crippen LogP contribution < -0.4 is 5.73 Å². The van der Waals surface area contributed by atoms with Crippen LogP contribution in [0.4, 0.5) is 13.2 Å². The Morgan fingerprint density at radius 2 is 1.83 bits per heavy atom. The summed E-state index contributed by atoms with van der Waals surface area (Å²) >= 11 is 0. The highest BCUT2D eigenvalue weighted by Crippen LogP contribution is 2.38. The van der Waals surface area contributed by atoms with Crippen molar-refractivity contribution >= 4 is 5.65 Å². The molecule has 1 saturated carbocycles. The van der Waals surface area contributed by atoms with Crippen LogP contribution in [0.5, 0.6) is 0 Å². The van der Waals surface area contributed by atoms with Crippen LogP contribution in [0.25, 0.3) is 5.65 Å². The van der Waals surface area contributed by atoms with Crippen LogP contribution in [0.1, 0.15) is 47.7 Å². The fraction of sp³-hybridized carbons (Fsp3) is 0.429. The Bertz CT molecular complexity index is 1050. The highest BCUT2D eigenvalue weighted by atomic mass is 19.2. The van der Waals surface area contributed by atoms with Crippen molar-refractivity contribution in [3.8, 4) is 0 Å². The average Bonchev–Trinajstić information content (AvgIpc) is 3.24. The first kappa shape index (κ1) is 18.6. The first-order valence-corrected chi connectivity index (χ1v) is 9.88. The predicted molar refractivity (Wildman–Crippen MR) is 102 cm³/mol. The standard InChI is InChI=1S/C21H22F3N5/c1-11-4-21-26-20-10-28(8-12(20)9-29(21)27-11)13-2-3-14(19(25)5-13)15-6-17(23)18(24)7-16(15)22/h4,6-7,9,13-14,19H,2-3,5,8,10,25H2,1H3/t13-,14?,19-/m0/s1. The van der Waals surface area contributed by atoms with E-state index >= 15 is 0 Å². The van der Waals surface area contributed by atoms with Crippen LogP contribution in [-0.4, -0.2) is 31.6 Å². The predicted octanol–water partition coefficient (Wildman–Crippen LogP) is 3.43. The second-order valence-corrected chi connectivity index (χ2v) is 8.23. The molecule has 1 aliphatic carbocycles. The van der Waals surface area contributed by atoms with Crippen molar-refractivity contribution in [1.82, 2.24) is 19.5 Å². The Balaban J connectivity index is 1.31. The zero-order valence-electron chi connectivity index (χ0n) is 16.1. The molecule has 2 N–H and O–H groups in total. The van der Waals surface area contributed by atoms with Gasteiger partial charge < -0.3 is 5.73 Å². The maximum absolute atomic E-state index is 14.2. The topological polar surface area (TPSA) is 59.5 Å². The van der Waals surface area contributed by atoms with Gasteiger partial charge >= 0.3 is 0 Å². The van der Waals surface area contributed by atoms with E-state index in [4.69, 9.17) is 10.7 Å². The summed E-state index contributed by atoms with van der Waals surface area (Å²) < 4.78 is 42.9. The minimum Gasteiger partial charge on any atom is -0.327 e. The van der Waals surface area contributed by atoms with Gasteiger partial charge in [-0.3, -0.25) is 4.90 Å². The molecule has 0 bridgehead atoms. The molecule has 0 radical (unpaired) electrons. The quantitative estimate of drug-likeness (QED) is 0.669. The zero-order valence-corrected chi connectivity index (χ0v) is 16.1. The molecule has 2 aromatic heterocycles. The van der Waals surface area contributed by atoms with Crippen LogP contribution in [-0.2, 0) is 13.1 Å². The molecule has 3 aromatic rings. The van der Waals surface area contributed by atoms with Crippen molar-refractivity contribution in [3.63, 3.8) is 0 Å². The van der Waals surface area contributed by atoms with Crippen molar-refractivity contribution in [2.75, 3.05) is 0 Å². The second kappa shape index (κ2) is 6.81. The van der Waals surface area contributed by atoms with Gasteiger partial charge in [-0.1, -0.05) is 0 Å². The molecule has 2 aliphatic rings. The van der Waals surface area contributed by atoms with E-state index in [1.807, 2.05) is 23.7 Å². The number of benzene rings is 1. The average molecular weight is 401 g/mol. The van der Waals surface area contributed by atoms with E-state index < -0.39 is 17.5 Å². The van der Waals surface area contributed by atoms with Gasteiger partial charge in [-0.05, 0) is 37.8 Å². The van der Waals surface area contributed by atoms with E-state index in [0.29, 0.717) is 18.9 Å². The molecule has 1 fully saturated rings. The molecule has 1 unspecified atom stereocenters. The van der Waals surface area contributed by atoms with Gasteiger partial charge in [-0.2, -0.15) is 5.10 Å². The van der Waals surface area contributed by atoms with Crippen molar-refractivity contribution in [2.24, 2.45) is 5.73 Å². The van der Waals surface area contributed by atoms with Crippen molar-refractivity contribution in [2.45, 2.75) is 57.3 Å². The van der Waals surface area contributed by atoms with E-state index in [9.17, 15) is 13.2 Å². The number of nitrogens with two attached hydrogens (primary N) is 1. The summed E-state index contributed by atoms with van der Waals surface area (Å²) in [6.45, 7) is 3.47. The third-order valence-electron chi connectivity index (χ3n) is 6.29. The molecule has 29 heavy (non-hydrogen) atoms. The molecule has 0 spiro atoms. The Morgan fingerprint density at radius 1 is 1.03 bits per heavy atom. The molecule has 3 atom stereocenters. The van der Waals surface area contributed by atoms with E-state index in [-0.39, 0.29) is 23.6 Å².